The normalized spacial score (nSPS) is 34.4. The van der Waals surface area contributed by atoms with Gasteiger partial charge in [0.2, 0.25) is 5.91 Å². The highest BCUT2D eigenvalue weighted by molar-refractivity contribution is 5.80. The summed E-state index contributed by atoms with van der Waals surface area (Å²) >= 11 is 0. The van der Waals surface area contributed by atoms with Crippen LogP contribution in [0.5, 0.6) is 0 Å². The molecule has 0 aromatic heterocycles. The molecule has 0 radical (unpaired) electrons. The number of nitrogens with one attached hydrogen (secondary N) is 1. The second-order valence-corrected chi connectivity index (χ2v) is 9.69. The van der Waals surface area contributed by atoms with Crippen LogP contribution in [0.2, 0.25) is 0 Å². The minimum absolute atomic E-state index is 0.0343. The van der Waals surface area contributed by atoms with Crippen LogP contribution >= 0.6 is 0 Å². The van der Waals surface area contributed by atoms with Crippen molar-refractivity contribution >= 4 is 17.3 Å². The Hall–Kier alpha value is -2.11. The molecule has 1 heterocycles. The quantitative estimate of drug-likeness (QED) is 0.632. The monoisotopic (exact) mass is 383 g/mol. The first-order valence-corrected chi connectivity index (χ1v) is 10.8. The first-order valence-electron chi connectivity index (χ1n) is 10.8. The number of hydrogen-bond donors (Lipinski definition) is 1. The van der Waals surface area contributed by atoms with Gasteiger partial charge < -0.3 is 10.2 Å². The summed E-state index contributed by atoms with van der Waals surface area (Å²) in [5.74, 6) is 2.74. The minimum atomic E-state index is -0.318. The molecule has 1 N–H and O–H groups in total. The van der Waals surface area contributed by atoms with E-state index >= 15 is 0 Å². The first kappa shape index (κ1) is 18.0. The second-order valence-electron chi connectivity index (χ2n) is 9.69. The number of nitro groups is 1. The Bertz CT molecular complexity index is 750. The number of piperidine rings is 1. The standard InChI is InChI=1S/C22H29N3O3/c26-21(23-22-12-15-9-16(13-22)11-17(10-15)14-22)18-5-7-24(8-6-18)19-3-1-2-4-20(19)25(27)28/h1-4,15-18H,5-14H2,(H,23,26). The van der Waals surface area contributed by atoms with Gasteiger partial charge in [0.15, 0.2) is 0 Å². The molecule has 4 aliphatic carbocycles. The Balaban J connectivity index is 1.22. The lowest BCUT2D eigenvalue weighted by Gasteiger charge is -2.57. The van der Waals surface area contributed by atoms with Crippen molar-refractivity contribution in [3.8, 4) is 0 Å². The van der Waals surface area contributed by atoms with E-state index < -0.39 is 0 Å². The number of rotatable bonds is 4. The lowest BCUT2D eigenvalue weighted by molar-refractivity contribution is -0.384. The van der Waals surface area contributed by atoms with Crippen molar-refractivity contribution in [2.75, 3.05) is 18.0 Å². The molecule has 5 aliphatic rings. The van der Waals surface area contributed by atoms with Crippen molar-refractivity contribution < 1.29 is 9.72 Å². The molecule has 0 atom stereocenters. The number of hydrogen-bond acceptors (Lipinski definition) is 4. The highest BCUT2D eigenvalue weighted by atomic mass is 16.6. The molecular formula is C22H29N3O3. The van der Waals surface area contributed by atoms with E-state index in [9.17, 15) is 14.9 Å². The van der Waals surface area contributed by atoms with Gasteiger partial charge in [0.1, 0.15) is 5.69 Å². The number of nitro benzene ring substituents is 1. The lowest BCUT2D eigenvalue weighted by atomic mass is 9.53. The number of nitrogens with zero attached hydrogens (tertiary/aromatic N) is 2. The highest BCUT2D eigenvalue weighted by Gasteiger charge is 2.51. The summed E-state index contributed by atoms with van der Waals surface area (Å²) in [5, 5.41) is 14.8. The van der Waals surface area contributed by atoms with Gasteiger partial charge in [-0.05, 0) is 75.2 Å². The molecule has 1 amide bonds. The Morgan fingerprint density at radius 2 is 1.61 bits per heavy atom. The third-order valence-electron chi connectivity index (χ3n) is 7.71. The summed E-state index contributed by atoms with van der Waals surface area (Å²) in [6.07, 6.45) is 9.21. The van der Waals surface area contributed by atoms with Crippen LogP contribution in [-0.2, 0) is 4.79 Å². The van der Waals surface area contributed by atoms with Crippen LogP contribution in [-0.4, -0.2) is 29.5 Å². The van der Waals surface area contributed by atoms with E-state index in [1.54, 1.807) is 12.1 Å². The van der Waals surface area contributed by atoms with Gasteiger partial charge >= 0.3 is 0 Å². The smallest absolute Gasteiger partial charge is 0.292 e. The first-order chi connectivity index (χ1) is 13.5. The lowest BCUT2D eigenvalue weighted by Crippen LogP contribution is -2.61. The van der Waals surface area contributed by atoms with Gasteiger partial charge in [-0.1, -0.05) is 12.1 Å². The van der Waals surface area contributed by atoms with Crippen LogP contribution in [0.1, 0.15) is 51.4 Å². The van der Waals surface area contributed by atoms with Gasteiger partial charge in [0.05, 0.1) is 4.92 Å². The molecule has 1 aliphatic heterocycles. The maximum Gasteiger partial charge on any atom is 0.292 e. The number of anilines is 1. The van der Waals surface area contributed by atoms with E-state index in [1.807, 2.05) is 12.1 Å². The summed E-state index contributed by atoms with van der Waals surface area (Å²) in [6.45, 7) is 1.40. The Kier molecular flexibility index (Phi) is 4.33. The molecule has 6 rings (SSSR count). The van der Waals surface area contributed by atoms with Gasteiger partial charge in [-0.3, -0.25) is 14.9 Å². The second kappa shape index (κ2) is 6.75. The van der Waals surface area contributed by atoms with Crippen molar-refractivity contribution in [3.63, 3.8) is 0 Å². The van der Waals surface area contributed by atoms with Crippen LogP contribution in [0.15, 0.2) is 24.3 Å². The van der Waals surface area contributed by atoms with Crippen LogP contribution in [0.3, 0.4) is 0 Å². The molecule has 150 valence electrons. The number of carbonyl (C=O) groups excluding carboxylic acids is 1. The Morgan fingerprint density at radius 3 is 2.18 bits per heavy atom. The maximum absolute atomic E-state index is 13.1. The third kappa shape index (κ3) is 3.16. The van der Waals surface area contributed by atoms with Crippen molar-refractivity contribution in [1.29, 1.82) is 0 Å². The zero-order chi connectivity index (χ0) is 19.3. The predicted octanol–water partition coefficient (Wildman–Crippen LogP) is 3.90. The highest BCUT2D eigenvalue weighted by Crippen LogP contribution is 2.55. The third-order valence-corrected chi connectivity index (χ3v) is 7.71. The molecule has 28 heavy (non-hydrogen) atoms. The molecule has 0 spiro atoms. The zero-order valence-corrected chi connectivity index (χ0v) is 16.3. The van der Waals surface area contributed by atoms with Crippen molar-refractivity contribution in [2.24, 2.45) is 23.7 Å². The summed E-state index contributed by atoms with van der Waals surface area (Å²) in [5.41, 5.74) is 0.896. The van der Waals surface area contributed by atoms with Gasteiger partial charge in [0.25, 0.3) is 5.69 Å². The summed E-state index contributed by atoms with van der Waals surface area (Å²) < 4.78 is 0. The van der Waals surface area contributed by atoms with E-state index in [-0.39, 0.29) is 28.0 Å². The Morgan fingerprint density at radius 1 is 1.04 bits per heavy atom. The zero-order valence-electron chi connectivity index (χ0n) is 16.3. The molecule has 4 bridgehead atoms. The molecule has 1 saturated heterocycles. The van der Waals surface area contributed by atoms with Gasteiger partial charge in [0, 0.05) is 30.6 Å². The fourth-order valence-electron chi connectivity index (χ4n) is 6.90. The van der Waals surface area contributed by atoms with Crippen molar-refractivity contribution in [1.82, 2.24) is 5.32 Å². The summed E-state index contributed by atoms with van der Waals surface area (Å²) in [4.78, 5) is 26.1. The maximum atomic E-state index is 13.1. The Labute approximate surface area is 165 Å². The topological polar surface area (TPSA) is 75.5 Å². The molecule has 0 unspecified atom stereocenters. The molecule has 1 aromatic rings. The molecule has 6 heteroatoms. The van der Waals surface area contributed by atoms with Crippen LogP contribution in [0, 0.1) is 33.8 Å². The number of para-hydroxylation sites is 2. The van der Waals surface area contributed by atoms with Gasteiger partial charge in [-0.15, -0.1) is 0 Å². The molecule has 1 aromatic carbocycles. The van der Waals surface area contributed by atoms with Crippen molar-refractivity contribution in [3.05, 3.63) is 34.4 Å². The number of amides is 1. The van der Waals surface area contributed by atoms with Crippen LogP contribution < -0.4 is 10.2 Å². The molecule has 4 saturated carbocycles. The largest absolute Gasteiger partial charge is 0.366 e. The van der Waals surface area contributed by atoms with Crippen LogP contribution in [0.4, 0.5) is 11.4 Å². The number of benzene rings is 1. The van der Waals surface area contributed by atoms with E-state index in [1.165, 1.54) is 38.5 Å². The average molecular weight is 383 g/mol. The van der Waals surface area contributed by atoms with E-state index in [4.69, 9.17) is 0 Å². The molecular weight excluding hydrogens is 354 g/mol. The van der Waals surface area contributed by atoms with E-state index in [2.05, 4.69) is 10.2 Å². The van der Waals surface area contributed by atoms with Gasteiger partial charge in [-0.25, -0.2) is 0 Å². The van der Waals surface area contributed by atoms with E-state index in [0.29, 0.717) is 18.8 Å². The number of carbonyl (C=O) groups is 1. The molecule has 5 fully saturated rings. The van der Waals surface area contributed by atoms with Gasteiger partial charge in [-0.2, -0.15) is 0 Å². The average Bonchev–Trinajstić information content (AvgIpc) is 2.66. The van der Waals surface area contributed by atoms with Crippen molar-refractivity contribution in [2.45, 2.75) is 56.9 Å². The minimum Gasteiger partial charge on any atom is -0.366 e. The molecule has 6 nitrogen and oxygen atoms in total. The summed E-state index contributed by atoms with van der Waals surface area (Å²) in [7, 11) is 0. The fourth-order valence-corrected chi connectivity index (χ4v) is 6.90. The van der Waals surface area contributed by atoms with E-state index in [0.717, 1.165) is 30.6 Å². The fraction of sp³-hybridized carbons (Fsp3) is 0.682. The summed E-state index contributed by atoms with van der Waals surface area (Å²) in [6, 6.07) is 6.91. The SMILES string of the molecule is O=C(NC12CC3CC(CC(C3)C1)C2)C1CCN(c2ccccc2[N+](=O)[O-])CC1. The van der Waals surface area contributed by atoms with Crippen LogP contribution in [0.25, 0.3) is 0 Å². The predicted molar refractivity (Wildman–Crippen MR) is 107 cm³/mol.